The average Bonchev–Trinajstić information content (AvgIpc) is 3.21. The number of rotatable bonds is 5. The molecular formula is C18H30IN5O2S. The summed E-state index contributed by atoms with van der Waals surface area (Å²) in [5.41, 5.74) is 2.52. The van der Waals surface area contributed by atoms with Crippen molar-refractivity contribution in [2.75, 3.05) is 50.4 Å². The molecule has 1 aromatic carbocycles. The molecule has 2 aliphatic rings. The highest BCUT2D eigenvalue weighted by atomic mass is 127. The smallest absolute Gasteiger partial charge is 0.214 e. The Hall–Kier alpha value is -1.07. The molecule has 0 spiro atoms. The van der Waals surface area contributed by atoms with E-state index in [9.17, 15) is 8.42 Å². The van der Waals surface area contributed by atoms with Gasteiger partial charge in [-0.05, 0) is 31.9 Å². The number of aliphatic imine (C=N–C) groups is 1. The number of guanidine groups is 1. The van der Waals surface area contributed by atoms with Crippen LogP contribution in [0, 0.1) is 6.92 Å². The molecule has 2 heterocycles. The quantitative estimate of drug-likeness (QED) is 0.358. The van der Waals surface area contributed by atoms with Gasteiger partial charge < -0.3 is 15.5 Å². The van der Waals surface area contributed by atoms with Crippen molar-refractivity contribution in [1.82, 2.24) is 14.9 Å². The van der Waals surface area contributed by atoms with E-state index in [1.54, 1.807) is 11.4 Å². The molecule has 1 unspecified atom stereocenters. The first-order chi connectivity index (χ1) is 12.5. The van der Waals surface area contributed by atoms with Crippen molar-refractivity contribution in [3.8, 4) is 0 Å². The van der Waals surface area contributed by atoms with Gasteiger partial charge in [-0.2, -0.15) is 0 Å². The lowest BCUT2D eigenvalue weighted by Crippen LogP contribution is -2.46. The van der Waals surface area contributed by atoms with Crippen molar-refractivity contribution >= 4 is 45.6 Å². The van der Waals surface area contributed by atoms with E-state index in [1.807, 2.05) is 0 Å². The molecule has 2 N–H and O–H groups in total. The first kappa shape index (κ1) is 22.2. The molecule has 0 aliphatic carbocycles. The highest BCUT2D eigenvalue weighted by Gasteiger charge is 2.28. The fourth-order valence-corrected chi connectivity index (χ4v) is 5.03. The Labute approximate surface area is 179 Å². The van der Waals surface area contributed by atoms with E-state index in [1.165, 1.54) is 11.3 Å². The number of nitrogens with one attached hydrogen (secondary N) is 2. The van der Waals surface area contributed by atoms with Crippen molar-refractivity contribution in [2.45, 2.75) is 25.8 Å². The van der Waals surface area contributed by atoms with Gasteiger partial charge in [-0.25, -0.2) is 12.7 Å². The molecule has 2 aliphatic heterocycles. The highest BCUT2D eigenvalue weighted by Crippen LogP contribution is 2.20. The maximum absolute atomic E-state index is 11.8. The van der Waals surface area contributed by atoms with Crippen molar-refractivity contribution in [3.05, 3.63) is 29.8 Å². The monoisotopic (exact) mass is 507 g/mol. The summed E-state index contributed by atoms with van der Waals surface area (Å²) in [7, 11) is -1.28. The molecule has 3 rings (SSSR count). The van der Waals surface area contributed by atoms with Crippen LogP contribution < -0.4 is 15.5 Å². The Morgan fingerprint density at radius 3 is 2.63 bits per heavy atom. The lowest BCUT2D eigenvalue weighted by atomic mass is 10.2. The van der Waals surface area contributed by atoms with Crippen LogP contribution in [0.15, 0.2) is 29.3 Å². The van der Waals surface area contributed by atoms with Gasteiger partial charge in [0.15, 0.2) is 5.96 Å². The van der Waals surface area contributed by atoms with Crippen LogP contribution in [0.25, 0.3) is 0 Å². The van der Waals surface area contributed by atoms with Gasteiger partial charge in [0.1, 0.15) is 0 Å². The lowest BCUT2D eigenvalue weighted by Gasteiger charge is -2.21. The average molecular weight is 507 g/mol. The SMILES string of the molecule is CN=C(NCCN1CCCS1(=O)=O)NC1CCN(c2ccc(C)cc2)C1.I. The Morgan fingerprint density at radius 2 is 2.00 bits per heavy atom. The fourth-order valence-electron chi connectivity index (χ4n) is 3.50. The van der Waals surface area contributed by atoms with Crippen LogP contribution in [0.2, 0.25) is 0 Å². The lowest BCUT2D eigenvalue weighted by molar-refractivity contribution is 0.444. The van der Waals surface area contributed by atoms with Crippen molar-refractivity contribution in [2.24, 2.45) is 4.99 Å². The van der Waals surface area contributed by atoms with E-state index in [0.717, 1.165) is 31.9 Å². The first-order valence-electron chi connectivity index (χ1n) is 9.24. The normalized spacial score (nSPS) is 22.5. The van der Waals surface area contributed by atoms with Crippen LogP contribution in [0.4, 0.5) is 5.69 Å². The summed E-state index contributed by atoms with van der Waals surface area (Å²) in [5, 5.41) is 6.69. The molecule has 7 nitrogen and oxygen atoms in total. The summed E-state index contributed by atoms with van der Waals surface area (Å²) < 4.78 is 25.2. The van der Waals surface area contributed by atoms with Crippen molar-refractivity contribution in [1.29, 1.82) is 0 Å². The summed E-state index contributed by atoms with van der Waals surface area (Å²) in [6, 6.07) is 8.95. The number of aryl methyl sites for hydroxylation is 1. The van der Waals surface area contributed by atoms with Gasteiger partial charge in [0.2, 0.25) is 10.0 Å². The zero-order valence-electron chi connectivity index (χ0n) is 16.0. The first-order valence-corrected chi connectivity index (χ1v) is 10.9. The Bertz CT molecular complexity index is 739. The molecule has 2 saturated heterocycles. The van der Waals surface area contributed by atoms with Gasteiger partial charge in [-0.3, -0.25) is 4.99 Å². The largest absolute Gasteiger partial charge is 0.369 e. The van der Waals surface area contributed by atoms with E-state index in [4.69, 9.17) is 0 Å². The van der Waals surface area contributed by atoms with E-state index in [0.29, 0.717) is 25.7 Å². The number of nitrogens with zero attached hydrogens (tertiary/aromatic N) is 3. The van der Waals surface area contributed by atoms with Gasteiger partial charge in [0.05, 0.1) is 5.75 Å². The molecule has 9 heteroatoms. The third-order valence-electron chi connectivity index (χ3n) is 5.01. The minimum absolute atomic E-state index is 0. The van der Waals surface area contributed by atoms with Gasteiger partial charge in [-0.1, -0.05) is 17.7 Å². The van der Waals surface area contributed by atoms with Crippen LogP contribution >= 0.6 is 24.0 Å². The molecular weight excluding hydrogens is 477 g/mol. The van der Waals surface area contributed by atoms with E-state index >= 15 is 0 Å². The van der Waals surface area contributed by atoms with Crippen LogP contribution in [0.3, 0.4) is 0 Å². The Morgan fingerprint density at radius 1 is 1.26 bits per heavy atom. The number of halogens is 1. The Balaban J connectivity index is 0.00000261. The zero-order valence-corrected chi connectivity index (χ0v) is 19.2. The van der Waals surface area contributed by atoms with Crippen LogP contribution in [-0.4, -0.2) is 70.2 Å². The highest BCUT2D eigenvalue weighted by molar-refractivity contribution is 14.0. The zero-order chi connectivity index (χ0) is 18.6. The van der Waals surface area contributed by atoms with Crippen LogP contribution in [-0.2, 0) is 10.0 Å². The molecule has 0 aromatic heterocycles. The van der Waals surface area contributed by atoms with Gasteiger partial charge >= 0.3 is 0 Å². The predicted octanol–water partition coefficient (Wildman–Crippen LogP) is 1.39. The third kappa shape index (κ3) is 5.95. The standard InChI is InChI=1S/C18H29N5O2S.HI/c1-15-4-6-17(7-5-15)22-11-8-16(14-22)21-18(19-2)20-9-12-23-10-3-13-26(23,24)25;/h4-7,16H,3,8-14H2,1-2H3,(H2,19,20,21);1H. The second kappa shape index (κ2) is 9.92. The molecule has 1 atom stereocenters. The maximum atomic E-state index is 11.8. The second-order valence-electron chi connectivity index (χ2n) is 6.98. The van der Waals surface area contributed by atoms with Gasteiger partial charge in [0, 0.05) is 51.5 Å². The second-order valence-corrected chi connectivity index (χ2v) is 9.07. The number of anilines is 1. The molecule has 2 fully saturated rings. The van der Waals surface area contributed by atoms with Crippen LogP contribution in [0.1, 0.15) is 18.4 Å². The summed E-state index contributed by atoms with van der Waals surface area (Å²) in [6.07, 6.45) is 1.78. The van der Waals surface area contributed by atoms with E-state index in [2.05, 4.69) is 51.7 Å². The number of hydrogen-bond acceptors (Lipinski definition) is 4. The molecule has 0 saturated carbocycles. The number of hydrogen-bond donors (Lipinski definition) is 2. The summed E-state index contributed by atoms with van der Waals surface area (Å²) >= 11 is 0. The topological polar surface area (TPSA) is 77.0 Å². The van der Waals surface area contributed by atoms with Gasteiger partial charge in [0.25, 0.3) is 0 Å². The number of benzene rings is 1. The Kier molecular flexibility index (Phi) is 8.17. The maximum Gasteiger partial charge on any atom is 0.214 e. The molecule has 0 amide bonds. The molecule has 0 bridgehead atoms. The molecule has 1 aromatic rings. The molecule has 27 heavy (non-hydrogen) atoms. The van der Waals surface area contributed by atoms with E-state index in [-0.39, 0.29) is 29.7 Å². The molecule has 152 valence electrons. The fraction of sp³-hybridized carbons (Fsp3) is 0.611. The summed E-state index contributed by atoms with van der Waals surface area (Å²) in [5.74, 6) is 1.01. The summed E-state index contributed by atoms with van der Waals surface area (Å²) in [4.78, 5) is 6.65. The minimum atomic E-state index is -3.03. The number of sulfonamides is 1. The third-order valence-corrected chi connectivity index (χ3v) is 6.97. The van der Waals surface area contributed by atoms with Gasteiger partial charge in [-0.15, -0.1) is 24.0 Å². The van der Waals surface area contributed by atoms with Crippen molar-refractivity contribution < 1.29 is 8.42 Å². The van der Waals surface area contributed by atoms with Crippen molar-refractivity contribution in [3.63, 3.8) is 0 Å². The molecule has 0 radical (unpaired) electrons. The summed E-state index contributed by atoms with van der Waals surface area (Å²) in [6.45, 7) is 5.73. The van der Waals surface area contributed by atoms with Crippen LogP contribution in [0.5, 0.6) is 0 Å². The minimum Gasteiger partial charge on any atom is -0.369 e. The van der Waals surface area contributed by atoms with E-state index < -0.39 is 10.0 Å². The predicted molar refractivity (Wildman–Crippen MR) is 122 cm³/mol.